The summed E-state index contributed by atoms with van der Waals surface area (Å²) in [6.07, 6.45) is 4.66. The molecule has 3 fully saturated rings. The van der Waals surface area contributed by atoms with Gasteiger partial charge in [0.1, 0.15) is 4.21 Å². The summed E-state index contributed by atoms with van der Waals surface area (Å²) in [4.78, 5) is 30.1. The summed E-state index contributed by atoms with van der Waals surface area (Å²) >= 11 is 1.19. The lowest BCUT2D eigenvalue weighted by atomic mass is 9.96. The van der Waals surface area contributed by atoms with E-state index in [2.05, 4.69) is 0 Å². The Morgan fingerprint density at radius 1 is 0.968 bits per heavy atom. The van der Waals surface area contributed by atoms with Crippen molar-refractivity contribution in [2.45, 2.75) is 42.7 Å². The molecule has 0 bridgehead atoms. The lowest BCUT2D eigenvalue weighted by Gasteiger charge is -2.36. The maximum absolute atomic E-state index is 12.9. The van der Waals surface area contributed by atoms with Crippen molar-refractivity contribution >= 4 is 33.2 Å². The molecule has 1 aromatic heterocycles. The Kier molecular flexibility index (Phi) is 7.30. The molecule has 3 aliphatic heterocycles. The molecular weight excluding hydrogens is 438 g/mol. The molecule has 3 aliphatic rings. The van der Waals surface area contributed by atoms with Crippen LogP contribution in [0.25, 0.3) is 0 Å². The largest absolute Gasteiger partial charge is 0.378 e. The second kappa shape index (κ2) is 9.97. The molecule has 172 valence electrons. The first-order chi connectivity index (χ1) is 14.9. The number of morpholine rings is 1. The molecule has 4 heterocycles. The zero-order valence-electron chi connectivity index (χ0n) is 17.8. The number of carbonyl (C=O) groups is 2. The third-order valence-corrected chi connectivity index (χ3v) is 9.77. The molecule has 1 aromatic rings. The van der Waals surface area contributed by atoms with Gasteiger partial charge in [0.05, 0.1) is 25.6 Å². The summed E-state index contributed by atoms with van der Waals surface area (Å²) in [7, 11) is -3.47. The number of carbonyl (C=O) groups excluding carboxylic acids is 2. The third-order valence-electron chi connectivity index (χ3n) is 6.32. The zero-order valence-corrected chi connectivity index (χ0v) is 19.5. The van der Waals surface area contributed by atoms with Crippen LogP contribution in [-0.2, 0) is 30.8 Å². The van der Waals surface area contributed by atoms with Gasteiger partial charge in [0.25, 0.3) is 10.0 Å². The fourth-order valence-corrected chi connectivity index (χ4v) is 7.55. The van der Waals surface area contributed by atoms with Crippen molar-refractivity contribution in [3.63, 3.8) is 0 Å². The van der Waals surface area contributed by atoms with E-state index in [0.717, 1.165) is 37.0 Å². The van der Waals surface area contributed by atoms with E-state index in [9.17, 15) is 18.0 Å². The maximum atomic E-state index is 12.9. The molecule has 10 heteroatoms. The van der Waals surface area contributed by atoms with Gasteiger partial charge in [-0.1, -0.05) is 6.42 Å². The van der Waals surface area contributed by atoms with Crippen LogP contribution >= 0.6 is 11.3 Å². The predicted molar refractivity (Wildman–Crippen MR) is 117 cm³/mol. The van der Waals surface area contributed by atoms with Crippen LogP contribution in [0.3, 0.4) is 0 Å². The number of hydrogen-bond acceptors (Lipinski definition) is 6. The normalized spacial score (nSPS) is 23.7. The van der Waals surface area contributed by atoms with E-state index < -0.39 is 10.0 Å². The molecule has 31 heavy (non-hydrogen) atoms. The lowest BCUT2D eigenvalue weighted by molar-refractivity contribution is -0.143. The highest BCUT2D eigenvalue weighted by molar-refractivity contribution is 7.91. The van der Waals surface area contributed by atoms with Crippen molar-refractivity contribution < 1.29 is 22.7 Å². The molecule has 1 unspecified atom stereocenters. The molecule has 0 aliphatic carbocycles. The minimum Gasteiger partial charge on any atom is -0.378 e. The number of ether oxygens (including phenoxy) is 1. The van der Waals surface area contributed by atoms with Crippen LogP contribution in [0.5, 0.6) is 0 Å². The van der Waals surface area contributed by atoms with Gasteiger partial charge in [0.2, 0.25) is 11.8 Å². The van der Waals surface area contributed by atoms with Crippen LogP contribution in [0.2, 0.25) is 0 Å². The summed E-state index contributed by atoms with van der Waals surface area (Å²) in [5.74, 6) is -0.0794. The van der Waals surface area contributed by atoms with Crippen molar-refractivity contribution in [1.29, 1.82) is 0 Å². The average molecular weight is 470 g/mol. The van der Waals surface area contributed by atoms with Crippen molar-refractivity contribution in [3.05, 3.63) is 17.0 Å². The maximum Gasteiger partial charge on any atom is 0.252 e. The molecule has 4 rings (SSSR count). The topological polar surface area (TPSA) is 87.2 Å². The molecule has 0 radical (unpaired) electrons. The number of thiophene rings is 1. The minimum absolute atomic E-state index is 0.0387. The van der Waals surface area contributed by atoms with Gasteiger partial charge in [-0.25, -0.2) is 8.42 Å². The van der Waals surface area contributed by atoms with Gasteiger partial charge in [-0.2, -0.15) is 4.31 Å². The fourth-order valence-electron chi connectivity index (χ4n) is 4.53. The van der Waals surface area contributed by atoms with Gasteiger partial charge >= 0.3 is 0 Å². The highest BCUT2D eigenvalue weighted by Gasteiger charge is 2.32. The standard InChI is InChI=1S/C21H31N3O5S2/c25-19(23-8-4-5-17(16-23)21(26)22-11-13-29-14-12-22)15-18-6-7-20(30-18)31(27,28)24-9-2-1-3-10-24/h6-7,17H,1-5,8-16H2. The van der Waals surface area contributed by atoms with Crippen molar-refractivity contribution in [2.24, 2.45) is 5.92 Å². The summed E-state index contributed by atoms with van der Waals surface area (Å²) in [6.45, 7) is 4.61. The Hall–Kier alpha value is -1.49. The van der Waals surface area contributed by atoms with Gasteiger partial charge in [-0.05, 0) is 37.8 Å². The summed E-state index contributed by atoms with van der Waals surface area (Å²) in [6, 6.07) is 3.37. The number of piperidine rings is 2. The van der Waals surface area contributed by atoms with Gasteiger partial charge in [0.15, 0.2) is 0 Å². The van der Waals surface area contributed by atoms with E-state index in [4.69, 9.17) is 4.74 Å². The minimum atomic E-state index is -3.47. The van der Waals surface area contributed by atoms with Gasteiger partial charge in [-0.3, -0.25) is 9.59 Å². The fraction of sp³-hybridized carbons (Fsp3) is 0.714. The molecule has 0 saturated carbocycles. The Labute approximate surface area is 188 Å². The van der Waals surface area contributed by atoms with Crippen LogP contribution in [0.15, 0.2) is 16.3 Å². The Morgan fingerprint density at radius 3 is 2.45 bits per heavy atom. The highest BCUT2D eigenvalue weighted by Crippen LogP contribution is 2.28. The second-order valence-electron chi connectivity index (χ2n) is 8.48. The van der Waals surface area contributed by atoms with Gasteiger partial charge < -0.3 is 14.5 Å². The monoisotopic (exact) mass is 469 g/mol. The highest BCUT2D eigenvalue weighted by atomic mass is 32.2. The van der Waals surface area contributed by atoms with Crippen LogP contribution in [0.4, 0.5) is 0 Å². The van der Waals surface area contributed by atoms with E-state index in [1.54, 1.807) is 21.3 Å². The smallest absolute Gasteiger partial charge is 0.252 e. The van der Waals surface area contributed by atoms with Crippen LogP contribution in [-0.4, -0.2) is 86.8 Å². The Morgan fingerprint density at radius 2 is 1.71 bits per heavy atom. The number of amides is 2. The lowest BCUT2D eigenvalue weighted by Crippen LogP contribution is -2.49. The van der Waals surface area contributed by atoms with E-state index in [0.29, 0.717) is 56.7 Å². The molecule has 0 spiro atoms. The second-order valence-corrected chi connectivity index (χ2v) is 11.8. The Balaban J connectivity index is 1.35. The zero-order chi connectivity index (χ0) is 21.8. The van der Waals surface area contributed by atoms with Crippen LogP contribution in [0.1, 0.15) is 37.0 Å². The quantitative estimate of drug-likeness (QED) is 0.653. The Bertz CT molecular complexity index is 889. The molecule has 0 N–H and O–H groups in total. The first kappa shape index (κ1) is 22.7. The molecular formula is C21H31N3O5S2. The number of rotatable bonds is 5. The predicted octanol–water partition coefficient (Wildman–Crippen LogP) is 1.56. The number of sulfonamides is 1. The van der Waals surface area contributed by atoms with Crippen LogP contribution < -0.4 is 0 Å². The number of nitrogens with zero attached hydrogens (tertiary/aromatic N) is 3. The molecule has 1 atom stereocenters. The summed E-state index contributed by atoms with van der Waals surface area (Å²) < 4.78 is 32.9. The molecule has 8 nitrogen and oxygen atoms in total. The van der Waals surface area contributed by atoms with Crippen LogP contribution in [0, 0.1) is 5.92 Å². The first-order valence-corrected chi connectivity index (χ1v) is 13.4. The SMILES string of the molecule is O=C(Cc1ccc(S(=O)(=O)N2CCCCC2)s1)N1CCCC(C(=O)N2CCOCC2)C1. The average Bonchev–Trinajstić information content (AvgIpc) is 3.29. The van der Waals surface area contributed by atoms with Gasteiger partial charge in [0, 0.05) is 44.1 Å². The van der Waals surface area contributed by atoms with Crippen molar-refractivity contribution in [3.8, 4) is 0 Å². The third kappa shape index (κ3) is 5.30. The van der Waals surface area contributed by atoms with Gasteiger partial charge in [-0.15, -0.1) is 11.3 Å². The first-order valence-electron chi connectivity index (χ1n) is 11.2. The van der Waals surface area contributed by atoms with E-state index in [1.807, 2.05) is 4.90 Å². The summed E-state index contributed by atoms with van der Waals surface area (Å²) in [5.41, 5.74) is 0. The molecule has 0 aromatic carbocycles. The van der Waals surface area contributed by atoms with Crippen molar-refractivity contribution in [1.82, 2.24) is 14.1 Å². The number of hydrogen-bond donors (Lipinski definition) is 0. The molecule has 2 amide bonds. The van der Waals surface area contributed by atoms with E-state index in [1.165, 1.54) is 11.3 Å². The molecule has 3 saturated heterocycles. The van der Waals surface area contributed by atoms with E-state index in [-0.39, 0.29) is 24.2 Å². The number of likely N-dealkylation sites (tertiary alicyclic amines) is 1. The van der Waals surface area contributed by atoms with Crippen molar-refractivity contribution in [2.75, 3.05) is 52.5 Å². The van der Waals surface area contributed by atoms with E-state index >= 15 is 0 Å². The summed E-state index contributed by atoms with van der Waals surface area (Å²) in [5, 5.41) is 0.